The zero-order valence-corrected chi connectivity index (χ0v) is 15.1. The minimum Gasteiger partial charge on any atom is -0.444 e. The number of aliphatic imine (C=N–C) groups is 1. The van der Waals surface area contributed by atoms with Crippen LogP contribution in [-0.4, -0.2) is 23.0 Å². The van der Waals surface area contributed by atoms with Crippen LogP contribution >= 0.6 is 11.3 Å². The second-order valence-corrected chi connectivity index (χ2v) is 6.56. The van der Waals surface area contributed by atoms with Crippen LogP contribution < -0.4 is 10.6 Å². The molecule has 0 atom stereocenters. The van der Waals surface area contributed by atoms with Gasteiger partial charge in [-0.25, -0.2) is 9.97 Å². The number of hydrogen-bond donors (Lipinski definition) is 2. The van der Waals surface area contributed by atoms with Crippen molar-refractivity contribution in [3.63, 3.8) is 0 Å². The highest BCUT2D eigenvalue weighted by molar-refractivity contribution is 7.11. The number of hydrogen-bond acceptors (Lipinski definition) is 5. The van der Waals surface area contributed by atoms with Gasteiger partial charge in [-0.1, -0.05) is 25.1 Å². The lowest BCUT2D eigenvalue weighted by Crippen LogP contribution is -2.36. The summed E-state index contributed by atoms with van der Waals surface area (Å²) >= 11 is 1.72. The highest BCUT2D eigenvalue weighted by Crippen LogP contribution is 2.17. The zero-order chi connectivity index (χ0) is 17.5. The molecule has 1 aromatic carbocycles. The van der Waals surface area contributed by atoms with Crippen LogP contribution in [0.2, 0.25) is 0 Å². The van der Waals surface area contributed by atoms with Gasteiger partial charge in [-0.2, -0.15) is 0 Å². The van der Waals surface area contributed by atoms with Gasteiger partial charge in [0.2, 0.25) is 5.89 Å². The van der Waals surface area contributed by atoms with E-state index in [4.69, 9.17) is 4.42 Å². The van der Waals surface area contributed by atoms with Crippen molar-refractivity contribution in [3.8, 4) is 11.5 Å². The molecule has 0 aliphatic rings. The van der Waals surface area contributed by atoms with E-state index in [0.717, 1.165) is 22.7 Å². The molecule has 25 heavy (non-hydrogen) atoms. The topological polar surface area (TPSA) is 75.3 Å². The Labute approximate surface area is 151 Å². The Morgan fingerprint density at radius 2 is 2.00 bits per heavy atom. The van der Waals surface area contributed by atoms with Gasteiger partial charge in [-0.15, -0.1) is 11.3 Å². The van der Waals surface area contributed by atoms with E-state index in [9.17, 15) is 0 Å². The van der Waals surface area contributed by atoms with E-state index in [1.54, 1.807) is 24.6 Å². The molecule has 2 heterocycles. The van der Waals surface area contributed by atoms with Crippen molar-refractivity contribution in [1.82, 2.24) is 20.6 Å². The number of nitrogens with zero attached hydrogens (tertiary/aromatic N) is 3. The maximum Gasteiger partial charge on any atom is 0.226 e. The quantitative estimate of drug-likeness (QED) is 0.524. The average Bonchev–Trinajstić information content (AvgIpc) is 3.32. The first-order valence-corrected chi connectivity index (χ1v) is 8.98. The second-order valence-electron chi connectivity index (χ2n) is 5.36. The summed E-state index contributed by atoms with van der Waals surface area (Å²) in [6.07, 6.45) is 4.61. The molecule has 130 valence electrons. The van der Waals surface area contributed by atoms with Gasteiger partial charge < -0.3 is 15.1 Å². The van der Waals surface area contributed by atoms with Crippen LogP contribution in [0.15, 0.2) is 52.2 Å². The summed E-state index contributed by atoms with van der Waals surface area (Å²) in [5.41, 5.74) is 1.79. The lowest BCUT2D eigenvalue weighted by atomic mass is 10.2. The molecule has 0 amide bonds. The Bertz CT molecular complexity index is 825. The van der Waals surface area contributed by atoms with Gasteiger partial charge in [-0.05, 0) is 18.6 Å². The molecule has 0 saturated carbocycles. The van der Waals surface area contributed by atoms with Gasteiger partial charge in [0.25, 0.3) is 0 Å². The van der Waals surface area contributed by atoms with Crippen molar-refractivity contribution >= 4 is 17.3 Å². The first-order valence-electron chi connectivity index (χ1n) is 8.16. The van der Waals surface area contributed by atoms with Gasteiger partial charge in [0.05, 0.1) is 18.8 Å². The maximum atomic E-state index is 5.54. The van der Waals surface area contributed by atoms with E-state index in [-0.39, 0.29) is 0 Å². The van der Waals surface area contributed by atoms with E-state index >= 15 is 0 Å². The summed E-state index contributed by atoms with van der Waals surface area (Å²) in [4.78, 5) is 14.4. The Kier molecular flexibility index (Phi) is 5.79. The number of nitrogens with one attached hydrogen (secondary N) is 2. The predicted molar refractivity (Wildman–Crippen MR) is 100 cm³/mol. The van der Waals surface area contributed by atoms with Crippen molar-refractivity contribution in [3.05, 3.63) is 58.4 Å². The number of rotatable bonds is 6. The number of thiazole rings is 1. The molecule has 0 aliphatic carbocycles. The molecule has 2 aromatic heterocycles. The van der Waals surface area contributed by atoms with Crippen LogP contribution in [0, 0.1) is 0 Å². The minimum atomic E-state index is 0.536. The van der Waals surface area contributed by atoms with E-state index < -0.39 is 0 Å². The average molecular weight is 355 g/mol. The van der Waals surface area contributed by atoms with Gasteiger partial charge in [0.1, 0.15) is 11.3 Å². The standard InChI is InChI=1S/C18H21N5OS/c1-3-15-10-20-16(25-15)11-22-18(19-2)21-9-14-12-24-17(23-14)13-7-5-4-6-8-13/h4-8,10,12H,3,9,11H2,1-2H3,(H2,19,21,22). The van der Waals surface area contributed by atoms with E-state index in [0.29, 0.717) is 24.9 Å². The SMILES string of the molecule is CCc1cnc(CNC(=NC)NCc2coc(-c3ccccc3)n2)s1. The smallest absolute Gasteiger partial charge is 0.226 e. The molecule has 0 aliphatic heterocycles. The van der Waals surface area contributed by atoms with Gasteiger partial charge in [0, 0.05) is 23.7 Å². The monoisotopic (exact) mass is 355 g/mol. The van der Waals surface area contributed by atoms with E-state index in [1.165, 1.54) is 4.88 Å². The maximum absolute atomic E-state index is 5.54. The fourth-order valence-electron chi connectivity index (χ4n) is 2.25. The summed E-state index contributed by atoms with van der Waals surface area (Å²) in [6.45, 7) is 3.32. The van der Waals surface area contributed by atoms with Crippen LogP contribution in [0.3, 0.4) is 0 Å². The third kappa shape index (κ3) is 4.67. The predicted octanol–water partition coefficient (Wildman–Crippen LogP) is 3.23. The third-order valence-electron chi connectivity index (χ3n) is 3.59. The highest BCUT2D eigenvalue weighted by atomic mass is 32.1. The summed E-state index contributed by atoms with van der Waals surface area (Å²) in [5.74, 6) is 1.33. The Morgan fingerprint density at radius 1 is 1.20 bits per heavy atom. The number of oxazole rings is 1. The Balaban J connectivity index is 1.52. The summed E-state index contributed by atoms with van der Waals surface area (Å²) in [6, 6.07) is 9.85. The fraction of sp³-hybridized carbons (Fsp3) is 0.278. The second kappa shape index (κ2) is 8.43. The summed E-state index contributed by atoms with van der Waals surface area (Å²) < 4.78 is 5.54. The number of aromatic nitrogens is 2. The van der Waals surface area contributed by atoms with E-state index in [2.05, 4.69) is 32.5 Å². The van der Waals surface area contributed by atoms with Gasteiger partial charge >= 0.3 is 0 Å². The zero-order valence-electron chi connectivity index (χ0n) is 14.3. The molecule has 6 nitrogen and oxygen atoms in total. The Morgan fingerprint density at radius 3 is 2.72 bits per heavy atom. The van der Waals surface area contributed by atoms with Crippen molar-refractivity contribution in [2.75, 3.05) is 7.05 Å². The first-order chi connectivity index (χ1) is 12.3. The summed E-state index contributed by atoms with van der Waals surface area (Å²) in [7, 11) is 1.74. The van der Waals surface area contributed by atoms with Gasteiger partial charge in [-0.3, -0.25) is 4.99 Å². The molecule has 0 radical (unpaired) electrons. The van der Waals surface area contributed by atoms with Crippen LogP contribution in [0.1, 0.15) is 22.5 Å². The molecule has 0 unspecified atom stereocenters. The van der Waals surface area contributed by atoms with Crippen LogP contribution in [0.25, 0.3) is 11.5 Å². The normalized spacial score (nSPS) is 11.5. The molecule has 2 N–H and O–H groups in total. The molecule has 0 saturated heterocycles. The van der Waals surface area contributed by atoms with Crippen molar-refractivity contribution in [2.24, 2.45) is 4.99 Å². The molecule has 3 rings (SSSR count). The lowest BCUT2D eigenvalue weighted by molar-refractivity contribution is 0.572. The van der Waals surface area contributed by atoms with Crippen molar-refractivity contribution in [1.29, 1.82) is 0 Å². The van der Waals surface area contributed by atoms with E-state index in [1.807, 2.05) is 36.5 Å². The highest BCUT2D eigenvalue weighted by Gasteiger charge is 2.07. The molecule has 0 fully saturated rings. The molecule has 0 bridgehead atoms. The van der Waals surface area contributed by atoms with Crippen molar-refractivity contribution < 1.29 is 4.42 Å². The number of benzene rings is 1. The number of aryl methyl sites for hydroxylation is 1. The molecular weight excluding hydrogens is 334 g/mol. The lowest BCUT2D eigenvalue weighted by Gasteiger charge is -2.09. The van der Waals surface area contributed by atoms with Crippen LogP contribution in [-0.2, 0) is 19.5 Å². The molecule has 3 aromatic rings. The molecule has 7 heteroatoms. The van der Waals surface area contributed by atoms with Crippen LogP contribution in [0.5, 0.6) is 0 Å². The summed E-state index contributed by atoms with van der Waals surface area (Å²) in [5, 5.41) is 7.54. The van der Waals surface area contributed by atoms with Crippen LogP contribution in [0.4, 0.5) is 0 Å². The fourth-order valence-corrected chi connectivity index (χ4v) is 3.05. The minimum absolute atomic E-state index is 0.536. The van der Waals surface area contributed by atoms with Gasteiger partial charge in [0.15, 0.2) is 5.96 Å². The Hall–Kier alpha value is -2.67. The first kappa shape index (κ1) is 17.2. The largest absolute Gasteiger partial charge is 0.444 e. The third-order valence-corrected chi connectivity index (χ3v) is 4.73. The molecular formula is C18H21N5OS. The molecule has 0 spiro atoms. The van der Waals surface area contributed by atoms with Crippen molar-refractivity contribution in [2.45, 2.75) is 26.4 Å². The number of guanidine groups is 1.